The largest absolute Gasteiger partial charge is 0.333 e. The zero-order valence-electron chi connectivity index (χ0n) is 9.68. The Kier molecular flexibility index (Phi) is 3.19. The molecule has 2 rings (SSSR count). The lowest BCUT2D eigenvalue weighted by atomic mass is 10.2. The van der Waals surface area contributed by atoms with E-state index in [9.17, 15) is 4.79 Å². The minimum absolute atomic E-state index is 0.0910. The summed E-state index contributed by atoms with van der Waals surface area (Å²) >= 11 is 0. The summed E-state index contributed by atoms with van der Waals surface area (Å²) in [6, 6.07) is -0.0910. The van der Waals surface area contributed by atoms with Gasteiger partial charge in [0.25, 0.3) is 0 Å². The number of rotatable bonds is 3. The molecule has 0 bridgehead atoms. The Bertz CT molecular complexity index is 375. The first-order chi connectivity index (χ1) is 7.72. The van der Waals surface area contributed by atoms with Crippen LogP contribution in [0.2, 0.25) is 0 Å². The van der Waals surface area contributed by atoms with Gasteiger partial charge in [0.05, 0.1) is 12.6 Å². The van der Waals surface area contributed by atoms with Gasteiger partial charge in [-0.15, -0.1) is 0 Å². The average Bonchev–Trinajstić information content (AvgIpc) is 2.72. The molecule has 6 nitrogen and oxygen atoms in total. The number of amides is 1. The van der Waals surface area contributed by atoms with Gasteiger partial charge in [-0.1, -0.05) is 0 Å². The van der Waals surface area contributed by atoms with Crippen molar-refractivity contribution in [2.24, 2.45) is 0 Å². The van der Waals surface area contributed by atoms with Crippen molar-refractivity contribution in [1.82, 2.24) is 25.0 Å². The van der Waals surface area contributed by atoms with E-state index in [1.165, 1.54) is 6.33 Å². The molecule has 16 heavy (non-hydrogen) atoms. The van der Waals surface area contributed by atoms with E-state index in [1.54, 1.807) is 0 Å². The lowest BCUT2D eigenvalue weighted by molar-refractivity contribution is -0.135. The molecule has 1 aromatic heterocycles. The monoisotopic (exact) mass is 223 g/mol. The second-order valence-electron chi connectivity index (χ2n) is 3.93. The zero-order valence-corrected chi connectivity index (χ0v) is 9.68. The van der Waals surface area contributed by atoms with Crippen molar-refractivity contribution in [2.45, 2.75) is 33.0 Å². The number of nitrogens with one attached hydrogen (secondary N) is 1. The topological polar surface area (TPSA) is 63.1 Å². The highest BCUT2D eigenvalue weighted by Crippen LogP contribution is 2.06. The van der Waals surface area contributed by atoms with Crippen LogP contribution in [0.3, 0.4) is 0 Å². The maximum atomic E-state index is 11.9. The second kappa shape index (κ2) is 4.61. The van der Waals surface area contributed by atoms with E-state index in [0.717, 1.165) is 25.5 Å². The van der Waals surface area contributed by atoms with Crippen LogP contribution in [-0.2, 0) is 17.9 Å². The van der Waals surface area contributed by atoms with Gasteiger partial charge < -0.3 is 10.2 Å². The third-order valence-electron chi connectivity index (χ3n) is 2.84. The minimum atomic E-state index is -0.0910. The van der Waals surface area contributed by atoms with E-state index in [1.807, 2.05) is 23.4 Å². The first-order valence-corrected chi connectivity index (χ1v) is 5.61. The number of piperazine rings is 1. The Morgan fingerprint density at radius 1 is 1.62 bits per heavy atom. The molecule has 2 heterocycles. The fourth-order valence-electron chi connectivity index (χ4n) is 1.89. The molecule has 1 aliphatic rings. The van der Waals surface area contributed by atoms with Crippen LogP contribution in [0.25, 0.3) is 0 Å². The Hall–Kier alpha value is -1.43. The van der Waals surface area contributed by atoms with Crippen LogP contribution < -0.4 is 5.32 Å². The van der Waals surface area contributed by atoms with Crippen LogP contribution in [0.1, 0.15) is 19.7 Å². The van der Waals surface area contributed by atoms with Gasteiger partial charge in [-0.3, -0.25) is 4.79 Å². The molecule has 0 saturated carbocycles. The van der Waals surface area contributed by atoms with E-state index in [0.29, 0.717) is 6.54 Å². The summed E-state index contributed by atoms with van der Waals surface area (Å²) in [5.74, 6) is 0.988. The van der Waals surface area contributed by atoms with Gasteiger partial charge in [0, 0.05) is 19.6 Å². The third kappa shape index (κ3) is 2.06. The fourth-order valence-corrected chi connectivity index (χ4v) is 1.89. The summed E-state index contributed by atoms with van der Waals surface area (Å²) in [7, 11) is 0. The molecule has 1 amide bonds. The number of hydrogen-bond donors (Lipinski definition) is 1. The maximum Gasteiger partial charge on any atom is 0.239 e. The van der Waals surface area contributed by atoms with Crippen LogP contribution in [0.5, 0.6) is 0 Å². The lowest BCUT2D eigenvalue weighted by Gasteiger charge is -2.31. The Morgan fingerprint density at radius 3 is 3.19 bits per heavy atom. The van der Waals surface area contributed by atoms with Gasteiger partial charge in [-0.05, 0) is 13.8 Å². The second-order valence-corrected chi connectivity index (χ2v) is 3.93. The van der Waals surface area contributed by atoms with Gasteiger partial charge in [0.2, 0.25) is 5.91 Å². The summed E-state index contributed by atoms with van der Waals surface area (Å²) in [6.45, 7) is 6.82. The van der Waals surface area contributed by atoms with E-state index in [-0.39, 0.29) is 11.9 Å². The molecule has 1 aliphatic heterocycles. The highest BCUT2D eigenvalue weighted by atomic mass is 16.2. The van der Waals surface area contributed by atoms with E-state index >= 15 is 0 Å². The standard InChI is InChI=1S/C10H17N5O/c1-3-15-9(12-7-13-15)6-14-5-4-11-8(2)10(14)16/h7-8,11H,3-6H2,1-2H3. The molecular formula is C10H17N5O. The highest BCUT2D eigenvalue weighted by molar-refractivity contribution is 5.82. The number of carbonyl (C=O) groups is 1. The summed E-state index contributed by atoms with van der Waals surface area (Å²) in [6.07, 6.45) is 1.54. The summed E-state index contributed by atoms with van der Waals surface area (Å²) < 4.78 is 1.82. The maximum absolute atomic E-state index is 11.9. The van der Waals surface area contributed by atoms with Crippen molar-refractivity contribution in [3.8, 4) is 0 Å². The molecule has 0 spiro atoms. The molecule has 1 fully saturated rings. The molecule has 1 N–H and O–H groups in total. The van der Waals surface area contributed by atoms with Gasteiger partial charge in [-0.2, -0.15) is 5.10 Å². The van der Waals surface area contributed by atoms with Crippen molar-refractivity contribution in [2.75, 3.05) is 13.1 Å². The molecule has 1 atom stereocenters. The Morgan fingerprint density at radius 2 is 2.44 bits per heavy atom. The smallest absolute Gasteiger partial charge is 0.239 e. The SMILES string of the molecule is CCn1ncnc1CN1CCNC(C)C1=O. The third-order valence-corrected chi connectivity index (χ3v) is 2.84. The number of nitrogens with zero attached hydrogens (tertiary/aromatic N) is 4. The van der Waals surface area contributed by atoms with Crippen molar-refractivity contribution >= 4 is 5.91 Å². The summed E-state index contributed by atoms with van der Waals surface area (Å²) in [4.78, 5) is 17.9. The van der Waals surface area contributed by atoms with Crippen LogP contribution in [-0.4, -0.2) is 44.7 Å². The van der Waals surface area contributed by atoms with Crippen molar-refractivity contribution < 1.29 is 4.79 Å². The first-order valence-electron chi connectivity index (χ1n) is 5.61. The molecule has 1 aromatic rings. The van der Waals surface area contributed by atoms with Crippen LogP contribution in [0.15, 0.2) is 6.33 Å². The first kappa shape index (κ1) is 11.1. The Balaban J connectivity index is 2.06. The predicted octanol–water partition coefficient (Wildman–Crippen LogP) is -0.382. The van der Waals surface area contributed by atoms with Crippen LogP contribution >= 0.6 is 0 Å². The van der Waals surface area contributed by atoms with E-state index in [4.69, 9.17) is 0 Å². The number of aromatic nitrogens is 3. The fraction of sp³-hybridized carbons (Fsp3) is 0.700. The molecule has 1 saturated heterocycles. The quantitative estimate of drug-likeness (QED) is 0.758. The van der Waals surface area contributed by atoms with Crippen molar-refractivity contribution in [3.63, 3.8) is 0 Å². The number of aryl methyl sites for hydroxylation is 1. The molecule has 88 valence electrons. The van der Waals surface area contributed by atoms with E-state index in [2.05, 4.69) is 15.4 Å². The van der Waals surface area contributed by atoms with Crippen molar-refractivity contribution in [3.05, 3.63) is 12.2 Å². The highest BCUT2D eigenvalue weighted by Gasteiger charge is 2.25. The molecule has 6 heteroatoms. The summed E-state index contributed by atoms with van der Waals surface area (Å²) in [5, 5.41) is 7.23. The predicted molar refractivity (Wildman–Crippen MR) is 58.6 cm³/mol. The Labute approximate surface area is 94.6 Å². The average molecular weight is 223 g/mol. The zero-order chi connectivity index (χ0) is 11.5. The molecule has 0 aromatic carbocycles. The normalized spacial score (nSPS) is 21.5. The van der Waals surface area contributed by atoms with Crippen molar-refractivity contribution in [1.29, 1.82) is 0 Å². The minimum Gasteiger partial charge on any atom is -0.333 e. The van der Waals surface area contributed by atoms with Gasteiger partial charge in [0.15, 0.2) is 0 Å². The van der Waals surface area contributed by atoms with Crippen LogP contribution in [0.4, 0.5) is 0 Å². The van der Waals surface area contributed by atoms with E-state index < -0.39 is 0 Å². The van der Waals surface area contributed by atoms with Gasteiger partial charge in [0.1, 0.15) is 12.2 Å². The molecule has 1 unspecified atom stereocenters. The lowest BCUT2D eigenvalue weighted by Crippen LogP contribution is -2.53. The van der Waals surface area contributed by atoms with Gasteiger partial charge >= 0.3 is 0 Å². The number of hydrogen-bond acceptors (Lipinski definition) is 4. The molecule has 0 radical (unpaired) electrons. The van der Waals surface area contributed by atoms with Crippen LogP contribution in [0, 0.1) is 0 Å². The van der Waals surface area contributed by atoms with Gasteiger partial charge in [-0.25, -0.2) is 9.67 Å². The molecular weight excluding hydrogens is 206 g/mol. The number of carbonyl (C=O) groups excluding carboxylic acids is 1. The molecule has 0 aliphatic carbocycles. The summed E-state index contributed by atoms with van der Waals surface area (Å²) in [5.41, 5.74) is 0.